The van der Waals surface area contributed by atoms with Gasteiger partial charge in [-0.15, -0.1) is 0 Å². The zero-order chi connectivity index (χ0) is 11.9. The minimum Gasteiger partial charge on any atom is -0.377 e. The molecule has 0 fully saturated rings. The van der Waals surface area contributed by atoms with Crippen molar-refractivity contribution in [3.05, 3.63) is 0 Å². The summed E-state index contributed by atoms with van der Waals surface area (Å²) in [6.45, 7) is 11.6. The minimum atomic E-state index is -0.513. The van der Waals surface area contributed by atoms with E-state index in [2.05, 4.69) is 10.6 Å². The summed E-state index contributed by atoms with van der Waals surface area (Å²) in [6.07, 6.45) is 0.0661. The van der Waals surface area contributed by atoms with Crippen LogP contribution in [0.25, 0.3) is 0 Å². The van der Waals surface area contributed by atoms with Gasteiger partial charge in [0.25, 0.3) is 0 Å². The summed E-state index contributed by atoms with van der Waals surface area (Å²) < 4.78 is 5.33. The molecular weight excluding hydrogens is 192 g/mol. The van der Waals surface area contributed by atoms with Crippen molar-refractivity contribution in [2.75, 3.05) is 19.7 Å². The van der Waals surface area contributed by atoms with Crippen molar-refractivity contribution >= 4 is 5.91 Å². The van der Waals surface area contributed by atoms with Gasteiger partial charge in [0, 0.05) is 13.2 Å². The van der Waals surface area contributed by atoms with Crippen LogP contribution < -0.4 is 10.6 Å². The maximum Gasteiger partial charge on any atom is 0.239 e. The molecule has 0 aromatic carbocycles. The molecule has 0 saturated heterocycles. The average Bonchev–Trinajstić information content (AvgIpc) is 2.14. The Hall–Kier alpha value is -0.610. The van der Waals surface area contributed by atoms with Crippen LogP contribution >= 0.6 is 0 Å². The van der Waals surface area contributed by atoms with Crippen LogP contribution in [0.4, 0.5) is 0 Å². The lowest BCUT2D eigenvalue weighted by Gasteiger charge is -2.25. The number of hydrogen-bond acceptors (Lipinski definition) is 3. The number of ether oxygens (including phenoxy) is 1. The van der Waals surface area contributed by atoms with Gasteiger partial charge in [0.15, 0.2) is 0 Å². The third kappa shape index (κ3) is 5.74. The summed E-state index contributed by atoms with van der Waals surface area (Å²) in [5.41, 5.74) is -0.513. The monoisotopic (exact) mass is 216 g/mol. The predicted molar refractivity (Wildman–Crippen MR) is 61.9 cm³/mol. The van der Waals surface area contributed by atoms with E-state index in [-0.39, 0.29) is 12.0 Å². The third-order valence-electron chi connectivity index (χ3n) is 2.19. The van der Waals surface area contributed by atoms with Crippen molar-refractivity contribution in [1.82, 2.24) is 10.6 Å². The zero-order valence-corrected chi connectivity index (χ0v) is 10.5. The van der Waals surface area contributed by atoms with Crippen LogP contribution in [0.1, 0.15) is 34.6 Å². The molecule has 1 unspecified atom stereocenters. The van der Waals surface area contributed by atoms with E-state index in [1.165, 1.54) is 0 Å². The van der Waals surface area contributed by atoms with E-state index in [1.807, 2.05) is 34.6 Å². The van der Waals surface area contributed by atoms with Crippen LogP contribution in [0.15, 0.2) is 0 Å². The zero-order valence-electron chi connectivity index (χ0n) is 10.5. The van der Waals surface area contributed by atoms with E-state index in [1.54, 1.807) is 0 Å². The van der Waals surface area contributed by atoms with E-state index >= 15 is 0 Å². The van der Waals surface area contributed by atoms with Crippen molar-refractivity contribution in [1.29, 1.82) is 0 Å². The highest BCUT2D eigenvalue weighted by Crippen LogP contribution is 2.01. The Morgan fingerprint density at radius 1 is 1.40 bits per heavy atom. The molecule has 0 bridgehead atoms. The van der Waals surface area contributed by atoms with Gasteiger partial charge >= 0.3 is 0 Å². The van der Waals surface area contributed by atoms with Gasteiger partial charge in [0.2, 0.25) is 5.91 Å². The SMILES string of the molecule is CCNC(C)(C)C(=O)NCC(C)OCC. The second kappa shape index (κ2) is 6.80. The maximum atomic E-state index is 11.7. The fourth-order valence-electron chi connectivity index (χ4n) is 1.32. The Balaban J connectivity index is 3.92. The minimum absolute atomic E-state index is 0.0101. The molecule has 0 heterocycles. The van der Waals surface area contributed by atoms with Crippen molar-refractivity contribution < 1.29 is 9.53 Å². The standard InChI is InChI=1S/C11H24N2O2/c1-6-13-11(4,5)10(14)12-8-9(3)15-7-2/h9,13H,6-8H2,1-5H3,(H,12,14). The van der Waals surface area contributed by atoms with Crippen LogP contribution in [0.5, 0.6) is 0 Å². The van der Waals surface area contributed by atoms with E-state index in [0.29, 0.717) is 13.2 Å². The Morgan fingerprint density at radius 3 is 2.47 bits per heavy atom. The Kier molecular flexibility index (Phi) is 6.52. The average molecular weight is 216 g/mol. The van der Waals surface area contributed by atoms with Crippen molar-refractivity contribution in [3.8, 4) is 0 Å². The molecule has 0 rings (SSSR count). The predicted octanol–water partition coefficient (Wildman–Crippen LogP) is 0.916. The summed E-state index contributed by atoms with van der Waals surface area (Å²) >= 11 is 0. The molecule has 0 aliphatic rings. The second-order valence-electron chi connectivity index (χ2n) is 4.13. The normalized spacial score (nSPS) is 13.7. The number of carbonyl (C=O) groups excluding carboxylic acids is 1. The first-order valence-electron chi connectivity index (χ1n) is 5.59. The van der Waals surface area contributed by atoms with Crippen molar-refractivity contribution in [3.63, 3.8) is 0 Å². The third-order valence-corrected chi connectivity index (χ3v) is 2.19. The molecule has 0 spiro atoms. The molecule has 0 saturated carbocycles. The van der Waals surface area contributed by atoms with Gasteiger partial charge in [-0.1, -0.05) is 6.92 Å². The molecule has 0 radical (unpaired) electrons. The first kappa shape index (κ1) is 14.4. The van der Waals surface area contributed by atoms with Gasteiger partial charge in [-0.05, 0) is 34.2 Å². The molecule has 90 valence electrons. The number of likely N-dealkylation sites (N-methyl/N-ethyl adjacent to an activating group) is 1. The molecule has 4 heteroatoms. The fraction of sp³-hybridized carbons (Fsp3) is 0.909. The van der Waals surface area contributed by atoms with Crippen LogP contribution in [0, 0.1) is 0 Å². The highest BCUT2D eigenvalue weighted by molar-refractivity contribution is 5.85. The van der Waals surface area contributed by atoms with Gasteiger partial charge in [0.05, 0.1) is 11.6 Å². The molecule has 0 aromatic rings. The quantitative estimate of drug-likeness (QED) is 0.665. The van der Waals surface area contributed by atoms with E-state index < -0.39 is 5.54 Å². The van der Waals surface area contributed by atoms with E-state index in [9.17, 15) is 4.79 Å². The highest BCUT2D eigenvalue weighted by Gasteiger charge is 2.25. The first-order chi connectivity index (χ1) is 6.94. The molecule has 4 nitrogen and oxygen atoms in total. The van der Waals surface area contributed by atoms with Crippen LogP contribution in [0.3, 0.4) is 0 Å². The van der Waals surface area contributed by atoms with E-state index in [4.69, 9.17) is 4.74 Å². The van der Waals surface area contributed by atoms with Gasteiger partial charge in [-0.25, -0.2) is 0 Å². The lowest BCUT2D eigenvalue weighted by atomic mass is 10.0. The van der Waals surface area contributed by atoms with Gasteiger partial charge < -0.3 is 15.4 Å². The molecule has 0 aliphatic heterocycles. The first-order valence-corrected chi connectivity index (χ1v) is 5.59. The van der Waals surface area contributed by atoms with Crippen molar-refractivity contribution in [2.24, 2.45) is 0 Å². The van der Waals surface area contributed by atoms with Gasteiger partial charge in [-0.2, -0.15) is 0 Å². The lowest BCUT2D eigenvalue weighted by molar-refractivity contribution is -0.127. The molecule has 0 aliphatic carbocycles. The smallest absolute Gasteiger partial charge is 0.239 e. The Labute approximate surface area is 92.8 Å². The molecule has 1 atom stereocenters. The van der Waals surface area contributed by atoms with Crippen molar-refractivity contribution in [2.45, 2.75) is 46.3 Å². The number of amides is 1. The molecule has 2 N–H and O–H groups in total. The van der Waals surface area contributed by atoms with Gasteiger partial charge in [0.1, 0.15) is 0 Å². The summed E-state index contributed by atoms with van der Waals surface area (Å²) in [4.78, 5) is 11.7. The topological polar surface area (TPSA) is 50.4 Å². The second-order valence-corrected chi connectivity index (χ2v) is 4.13. The summed E-state index contributed by atoms with van der Waals surface area (Å²) in [5.74, 6) is 0.0101. The Morgan fingerprint density at radius 2 is 2.00 bits per heavy atom. The molecule has 15 heavy (non-hydrogen) atoms. The summed E-state index contributed by atoms with van der Waals surface area (Å²) in [6, 6.07) is 0. The maximum absolute atomic E-state index is 11.7. The van der Waals surface area contributed by atoms with Crippen LogP contribution in [-0.2, 0) is 9.53 Å². The largest absolute Gasteiger partial charge is 0.377 e. The van der Waals surface area contributed by atoms with Crippen LogP contribution in [0.2, 0.25) is 0 Å². The molecular formula is C11H24N2O2. The summed E-state index contributed by atoms with van der Waals surface area (Å²) in [5, 5.41) is 5.99. The van der Waals surface area contributed by atoms with E-state index in [0.717, 1.165) is 6.54 Å². The fourth-order valence-corrected chi connectivity index (χ4v) is 1.32. The molecule has 1 amide bonds. The van der Waals surface area contributed by atoms with Gasteiger partial charge in [-0.3, -0.25) is 4.79 Å². The molecule has 0 aromatic heterocycles. The number of carbonyl (C=O) groups is 1. The highest BCUT2D eigenvalue weighted by atomic mass is 16.5. The number of hydrogen-bond donors (Lipinski definition) is 2. The number of rotatable bonds is 7. The lowest BCUT2D eigenvalue weighted by Crippen LogP contribution is -2.53. The number of nitrogens with one attached hydrogen (secondary N) is 2. The summed E-state index contributed by atoms with van der Waals surface area (Å²) in [7, 11) is 0. The van der Waals surface area contributed by atoms with Crippen LogP contribution in [-0.4, -0.2) is 37.2 Å². The Bertz CT molecular complexity index is 193.